The first kappa shape index (κ1) is 39.0. The standard InChI is InChI=1S/C43H57N4O7/c1-6-45(32-24-35(50-4)28-36(25-32)51-5)43(49)40-31-46(33-26-37(52-7-2)29-38(27-33)53-8-3)41-30-34(14-15-39(41)42(40)48)54-23-13-11-9-10-12-19-47-20-16-44(17-21-47)18-22-47/h14-15,24-31H,6-13,16-23H2,1-5H3/q+1. The summed E-state index contributed by atoms with van der Waals surface area (Å²) in [6, 6.07) is 16.3. The summed E-state index contributed by atoms with van der Waals surface area (Å²) >= 11 is 0. The maximum atomic E-state index is 14.4. The summed E-state index contributed by atoms with van der Waals surface area (Å²) < 4.78 is 32.2. The zero-order chi connectivity index (χ0) is 38.1. The molecule has 0 unspecified atom stereocenters. The second-order valence-corrected chi connectivity index (χ2v) is 14.3. The van der Waals surface area contributed by atoms with Gasteiger partial charge < -0.3 is 37.6 Å². The van der Waals surface area contributed by atoms with Gasteiger partial charge in [-0.1, -0.05) is 12.8 Å². The molecule has 1 aromatic heterocycles. The van der Waals surface area contributed by atoms with E-state index in [1.54, 1.807) is 49.6 Å². The van der Waals surface area contributed by atoms with Crippen LogP contribution in [-0.2, 0) is 0 Å². The Bertz CT molecular complexity index is 1890. The molecule has 1 amide bonds. The number of piperazine rings is 3. The molecule has 4 aromatic rings. The smallest absolute Gasteiger partial charge is 0.263 e. The van der Waals surface area contributed by atoms with E-state index in [9.17, 15) is 9.59 Å². The van der Waals surface area contributed by atoms with Crippen LogP contribution in [0.4, 0.5) is 5.69 Å². The number of hydrogen-bond donors (Lipinski definition) is 0. The van der Waals surface area contributed by atoms with Crippen LogP contribution in [0.2, 0.25) is 0 Å². The normalized spacial score (nSPS) is 17.7. The third-order valence-electron chi connectivity index (χ3n) is 10.9. The second-order valence-electron chi connectivity index (χ2n) is 14.3. The third kappa shape index (κ3) is 8.96. The number of anilines is 1. The lowest BCUT2D eigenvalue weighted by molar-refractivity contribution is -0.941. The van der Waals surface area contributed by atoms with Crippen LogP contribution in [0, 0.1) is 0 Å². The Morgan fingerprint density at radius 3 is 1.94 bits per heavy atom. The first-order valence-corrected chi connectivity index (χ1v) is 19.7. The average Bonchev–Trinajstić information content (AvgIpc) is 3.20. The first-order chi connectivity index (χ1) is 26.3. The van der Waals surface area contributed by atoms with E-state index in [0.29, 0.717) is 77.4 Å². The Balaban J connectivity index is 1.25. The lowest BCUT2D eigenvalue weighted by atomic mass is 10.1. The molecule has 0 N–H and O–H groups in total. The molecule has 0 radical (unpaired) electrons. The number of quaternary nitrogens is 1. The van der Waals surface area contributed by atoms with E-state index in [-0.39, 0.29) is 11.0 Å². The molecular formula is C43H57N4O7+. The highest BCUT2D eigenvalue weighted by molar-refractivity contribution is 6.07. The summed E-state index contributed by atoms with van der Waals surface area (Å²) in [6.45, 7) is 16.7. The monoisotopic (exact) mass is 741 g/mol. The van der Waals surface area contributed by atoms with Gasteiger partial charge in [0.25, 0.3) is 5.91 Å². The van der Waals surface area contributed by atoms with Gasteiger partial charge in [-0.25, -0.2) is 0 Å². The van der Waals surface area contributed by atoms with Gasteiger partial charge in [-0.05, 0) is 52.2 Å². The van der Waals surface area contributed by atoms with Crippen molar-refractivity contribution in [1.82, 2.24) is 9.47 Å². The van der Waals surface area contributed by atoms with Gasteiger partial charge in [-0.2, -0.15) is 0 Å². The molecular weight excluding hydrogens is 684 g/mol. The van der Waals surface area contributed by atoms with Gasteiger partial charge >= 0.3 is 0 Å². The van der Waals surface area contributed by atoms with Crippen LogP contribution in [0.15, 0.2) is 65.6 Å². The molecule has 3 aliphatic heterocycles. The molecule has 3 aromatic carbocycles. The fourth-order valence-electron chi connectivity index (χ4n) is 7.83. The van der Waals surface area contributed by atoms with Crippen LogP contribution in [0.25, 0.3) is 16.6 Å². The van der Waals surface area contributed by atoms with Crippen LogP contribution < -0.4 is 34.0 Å². The maximum absolute atomic E-state index is 14.4. The van der Waals surface area contributed by atoms with E-state index in [1.165, 1.54) is 69.6 Å². The number of nitrogens with zero attached hydrogens (tertiary/aromatic N) is 4. The molecule has 0 spiro atoms. The fraction of sp³-hybridized carbons (Fsp3) is 0.488. The van der Waals surface area contributed by atoms with Crippen molar-refractivity contribution >= 4 is 22.5 Å². The van der Waals surface area contributed by atoms with Gasteiger partial charge in [-0.15, -0.1) is 0 Å². The molecule has 2 bridgehead atoms. The molecule has 3 fully saturated rings. The van der Waals surface area contributed by atoms with Gasteiger partial charge in [0.2, 0.25) is 5.43 Å². The SMILES string of the molecule is CCOc1cc(OCC)cc(-n2cc(C(=O)N(CC)c3cc(OC)cc(OC)c3)c(=O)c3ccc(OCCCCCCC[N+]45CCN(CC4)CC5)cc32)c1. The molecule has 4 heterocycles. The lowest BCUT2D eigenvalue weighted by Crippen LogP contribution is -2.67. The molecule has 3 aliphatic rings. The van der Waals surface area contributed by atoms with E-state index in [1.807, 2.05) is 55.7 Å². The van der Waals surface area contributed by atoms with Crippen LogP contribution in [0.5, 0.6) is 28.7 Å². The van der Waals surface area contributed by atoms with E-state index >= 15 is 0 Å². The van der Waals surface area contributed by atoms with Crippen molar-refractivity contribution in [1.29, 1.82) is 0 Å². The van der Waals surface area contributed by atoms with E-state index in [4.69, 9.17) is 23.7 Å². The van der Waals surface area contributed by atoms with Crippen molar-refractivity contribution in [2.24, 2.45) is 0 Å². The number of carbonyl (C=O) groups excluding carboxylic acids is 1. The van der Waals surface area contributed by atoms with Crippen LogP contribution in [-0.4, -0.2) is 106 Å². The molecule has 290 valence electrons. The predicted octanol–water partition coefficient (Wildman–Crippen LogP) is 6.95. The number of pyridine rings is 1. The third-order valence-corrected chi connectivity index (χ3v) is 10.9. The minimum atomic E-state index is -0.442. The molecule has 7 rings (SSSR count). The van der Waals surface area contributed by atoms with E-state index in [2.05, 4.69) is 4.90 Å². The van der Waals surface area contributed by atoms with E-state index in [0.717, 1.165) is 12.8 Å². The highest BCUT2D eigenvalue weighted by Crippen LogP contribution is 2.32. The number of benzene rings is 3. The van der Waals surface area contributed by atoms with Crippen LogP contribution >= 0.6 is 0 Å². The quantitative estimate of drug-likeness (QED) is 0.0754. The first-order valence-electron chi connectivity index (χ1n) is 19.7. The molecule has 11 nitrogen and oxygen atoms in total. The molecule has 11 heteroatoms. The number of amides is 1. The number of fused-ring (bicyclic) bond motifs is 4. The van der Waals surface area contributed by atoms with Crippen LogP contribution in [0.3, 0.4) is 0 Å². The largest absolute Gasteiger partial charge is 0.497 e. The Labute approximate surface area is 319 Å². The summed E-state index contributed by atoms with van der Waals surface area (Å²) in [5.74, 6) is 2.53. The summed E-state index contributed by atoms with van der Waals surface area (Å²) in [4.78, 5) is 32.7. The van der Waals surface area contributed by atoms with E-state index < -0.39 is 5.91 Å². The zero-order valence-corrected chi connectivity index (χ0v) is 32.7. The number of methoxy groups -OCH3 is 2. The van der Waals surface area contributed by atoms with Gasteiger partial charge in [0, 0.05) is 80.2 Å². The second kappa shape index (κ2) is 18.1. The van der Waals surface area contributed by atoms with Crippen molar-refractivity contribution in [2.75, 3.05) is 91.3 Å². The minimum Gasteiger partial charge on any atom is -0.497 e. The fourth-order valence-corrected chi connectivity index (χ4v) is 7.83. The Morgan fingerprint density at radius 2 is 1.33 bits per heavy atom. The number of rotatable bonds is 19. The number of carbonyl (C=O) groups is 1. The number of hydrogen-bond acceptors (Lipinski definition) is 8. The Hall–Kier alpha value is -4.74. The highest BCUT2D eigenvalue weighted by atomic mass is 16.5. The summed E-state index contributed by atoms with van der Waals surface area (Å²) in [5.41, 5.74) is 1.51. The van der Waals surface area contributed by atoms with Crippen molar-refractivity contribution < 1.29 is 33.0 Å². The Kier molecular flexibility index (Phi) is 13.0. The zero-order valence-electron chi connectivity index (χ0n) is 32.7. The average molecular weight is 742 g/mol. The lowest BCUT2D eigenvalue weighted by Gasteiger charge is -2.50. The van der Waals surface area contributed by atoms with Crippen molar-refractivity contribution in [3.63, 3.8) is 0 Å². The number of ether oxygens (including phenoxy) is 5. The number of aromatic nitrogens is 1. The predicted molar refractivity (Wildman–Crippen MR) is 214 cm³/mol. The van der Waals surface area contributed by atoms with Gasteiger partial charge in [0.15, 0.2) is 0 Å². The molecule has 0 saturated carbocycles. The number of unbranched alkanes of at least 4 members (excludes halogenated alkanes) is 4. The van der Waals surface area contributed by atoms with Crippen molar-refractivity contribution in [2.45, 2.75) is 52.9 Å². The summed E-state index contributed by atoms with van der Waals surface area (Å²) in [7, 11) is 3.12. The minimum absolute atomic E-state index is 0.0203. The van der Waals surface area contributed by atoms with Crippen molar-refractivity contribution in [3.8, 4) is 34.4 Å². The van der Waals surface area contributed by atoms with Gasteiger partial charge in [0.1, 0.15) is 34.3 Å². The Morgan fingerprint density at radius 1 is 0.722 bits per heavy atom. The van der Waals surface area contributed by atoms with Crippen LogP contribution in [0.1, 0.15) is 63.2 Å². The molecule has 0 atom stereocenters. The molecule has 3 saturated heterocycles. The van der Waals surface area contributed by atoms with Gasteiger partial charge in [0.05, 0.1) is 77.1 Å². The molecule has 54 heavy (non-hydrogen) atoms. The summed E-state index contributed by atoms with van der Waals surface area (Å²) in [6.07, 6.45) is 7.47. The highest BCUT2D eigenvalue weighted by Gasteiger charge is 2.37. The topological polar surface area (TPSA) is 91.7 Å². The maximum Gasteiger partial charge on any atom is 0.263 e. The summed E-state index contributed by atoms with van der Waals surface area (Å²) in [5, 5.41) is 0.397. The molecule has 0 aliphatic carbocycles. The van der Waals surface area contributed by atoms with Gasteiger partial charge in [-0.3, -0.25) is 14.5 Å². The van der Waals surface area contributed by atoms with Crippen molar-refractivity contribution in [3.05, 3.63) is 76.6 Å².